The Labute approximate surface area is 135 Å². The molecule has 0 bridgehead atoms. The molecule has 0 aliphatic heterocycles. The van der Waals surface area contributed by atoms with Crippen molar-refractivity contribution in [3.63, 3.8) is 0 Å². The van der Waals surface area contributed by atoms with Crippen LogP contribution < -0.4 is 37.3 Å². The van der Waals surface area contributed by atoms with Crippen LogP contribution in [0.1, 0.15) is 20.3 Å². The van der Waals surface area contributed by atoms with E-state index in [1.807, 2.05) is 0 Å². The standard InChI is InChI=1S/C9H22S2.2ClHO4/c1-5-10(3)8-7-9-11(4)6-2;2*2-1(3,4)5/h5-9H2,1-4H3;2*(H,2,3,4,5)/q+2;;/p-2. The van der Waals surface area contributed by atoms with Crippen LogP contribution in [0.5, 0.6) is 0 Å². The molecule has 0 amide bonds. The summed E-state index contributed by atoms with van der Waals surface area (Å²) in [5, 5.41) is 0. The van der Waals surface area contributed by atoms with Crippen molar-refractivity contribution in [2.45, 2.75) is 20.3 Å². The Bertz CT molecular complexity index is 191. The number of hydrogen-bond donors (Lipinski definition) is 0. The first kappa shape index (κ1) is 26.8. The maximum Gasteiger partial charge on any atom is 0.112 e. The second-order valence-electron chi connectivity index (χ2n) is 3.66. The van der Waals surface area contributed by atoms with Gasteiger partial charge < -0.3 is 0 Å². The maximum atomic E-state index is 8.49. The van der Waals surface area contributed by atoms with Gasteiger partial charge in [0.15, 0.2) is 0 Å². The zero-order valence-electron chi connectivity index (χ0n) is 12.4. The van der Waals surface area contributed by atoms with Crippen LogP contribution in [-0.2, 0) is 21.8 Å². The Kier molecular flexibility index (Phi) is 18.6. The van der Waals surface area contributed by atoms with E-state index in [0.29, 0.717) is 21.8 Å². The predicted octanol–water partition coefficient (Wildman–Crippen LogP) is -7.60. The Hall–Kier alpha value is 0.960. The zero-order valence-corrected chi connectivity index (χ0v) is 15.5. The van der Waals surface area contributed by atoms with Crippen molar-refractivity contribution in [2.24, 2.45) is 0 Å². The maximum absolute atomic E-state index is 8.49. The third-order valence-corrected chi connectivity index (χ3v) is 5.91. The second-order valence-corrected chi connectivity index (χ2v) is 10.3. The molecule has 0 radical (unpaired) electrons. The smallest absolute Gasteiger partial charge is 0.112 e. The fraction of sp³-hybridized carbons (Fsp3) is 1.00. The van der Waals surface area contributed by atoms with Gasteiger partial charge in [-0.25, -0.2) is 37.3 Å². The number of rotatable bonds is 6. The molecule has 0 aromatic rings. The van der Waals surface area contributed by atoms with E-state index in [0.717, 1.165) is 0 Å². The van der Waals surface area contributed by atoms with Crippen LogP contribution in [0.3, 0.4) is 0 Å². The van der Waals surface area contributed by atoms with Gasteiger partial charge in [0.1, 0.15) is 23.0 Å². The van der Waals surface area contributed by atoms with Gasteiger partial charge in [0.25, 0.3) is 0 Å². The van der Waals surface area contributed by atoms with Crippen molar-refractivity contribution >= 4 is 21.8 Å². The molecule has 0 aromatic heterocycles. The largest absolute Gasteiger partial charge is 0.222 e. The lowest BCUT2D eigenvalue weighted by Gasteiger charge is -2.17. The molecule has 0 aliphatic carbocycles. The van der Waals surface area contributed by atoms with E-state index in [1.54, 1.807) is 0 Å². The SMILES string of the molecule is CC[S+](C)CCC[S+](C)CC.[O-][Cl+3]([O-])([O-])[O-].[O-][Cl+3]([O-])([O-])[O-]. The van der Waals surface area contributed by atoms with Crippen LogP contribution in [0.25, 0.3) is 0 Å². The average Bonchev–Trinajstić information content (AvgIpc) is 2.24. The highest BCUT2D eigenvalue weighted by Gasteiger charge is 2.11. The van der Waals surface area contributed by atoms with Gasteiger partial charge in [0.05, 0.1) is 12.5 Å². The summed E-state index contributed by atoms with van der Waals surface area (Å²) in [6.45, 7) is 4.60. The molecule has 0 spiro atoms. The second kappa shape index (κ2) is 14.5. The molecular formula is C9H22Cl2O8S2. The Morgan fingerprint density at radius 2 is 0.810 bits per heavy atom. The van der Waals surface area contributed by atoms with Gasteiger partial charge >= 0.3 is 0 Å². The highest BCUT2D eigenvalue weighted by molar-refractivity contribution is 7.97. The Morgan fingerprint density at radius 1 is 0.619 bits per heavy atom. The summed E-state index contributed by atoms with van der Waals surface area (Å²) in [6, 6.07) is 0. The van der Waals surface area contributed by atoms with Crippen molar-refractivity contribution in [1.82, 2.24) is 0 Å². The number of hydrogen-bond acceptors (Lipinski definition) is 8. The lowest BCUT2D eigenvalue weighted by atomic mass is 10.6. The first-order valence-corrected chi connectivity index (χ1v) is 12.0. The first-order chi connectivity index (χ1) is 9.20. The molecule has 0 saturated heterocycles. The highest BCUT2D eigenvalue weighted by atomic mass is 35.7. The average molecular weight is 393 g/mol. The van der Waals surface area contributed by atoms with Crippen LogP contribution in [-0.4, -0.2) is 35.5 Å². The molecule has 2 atom stereocenters. The zero-order chi connectivity index (χ0) is 17.7. The Balaban J connectivity index is -0.000000270. The van der Waals surface area contributed by atoms with Crippen molar-refractivity contribution in [3.8, 4) is 0 Å². The third kappa shape index (κ3) is 62.7. The van der Waals surface area contributed by atoms with E-state index in [1.165, 1.54) is 29.4 Å². The van der Waals surface area contributed by atoms with E-state index >= 15 is 0 Å². The van der Waals surface area contributed by atoms with Gasteiger partial charge in [-0.05, 0) is 35.6 Å². The summed E-state index contributed by atoms with van der Waals surface area (Å²) in [7, 11) is -8.47. The topological polar surface area (TPSA) is 184 Å². The summed E-state index contributed by atoms with van der Waals surface area (Å²) >= 11 is 0. The minimum absolute atomic E-state index is 0.709. The van der Waals surface area contributed by atoms with Gasteiger partial charge in [-0.15, -0.1) is 20.5 Å². The Morgan fingerprint density at radius 3 is 0.952 bits per heavy atom. The molecule has 0 heterocycles. The lowest BCUT2D eigenvalue weighted by Crippen LogP contribution is -2.68. The summed E-state index contributed by atoms with van der Waals surface area (Å²) in [5.41, 5.74) is 0. The van der Waals surface area contributed by atoms with Gasteiger partial charge in [-0.3, -0.25) is 0 Å². The van der Waals surface area contributed by atoms with Crippen molar-refractivity contribution in [3.05, 3.63) is 0 Å². The van der Waals surface area contributed by atoms with Crippen molar-refractivity contribution < 1.29 is 57.8 Å². The molecule has 12 heteroatoms. The van der Waals surface area contributed by atoms with E-state index in [4.69, 9.17) is 37.3 Å². The van der Waals surface area contributed by atoms with Crippen LogP contribution in [0.4, 0.5) is 0 Å². The molecule has 0 aliphatic rings. The van der Waals surface area contributed by atoms with Gasteiger partial charge in [0.2, 0.25) is 0 Å². The van der Waals surface area contributed by atoms with Gasteiger partial charge in [-0.1, -0.05) is 0 Å². The minimum Gasteiger partial charge on any atom is -0.222 e. The van der Waals surface area contributed by atoms with E-state index in [-0.39, 0.29) is 0 Å². The highest BCUT2D eigenvalue weighted by Crippen LogP contribution is 1.99. The molecule has 2 unspecified atom stereocenters. The normalized spacial score (nSPS) is 14.3. The first-order valence-electron chi connectivity index (χ1n) is 5.62. The fourth-order valence-electron chi connectivity index (χ4n) is 0.840. The third-order valence-electron chi connectivity index (χ3n) is 1.97. The summed E-state index contributed by atoms with van der Waals surface area (Å²) in [4.78, 5) is 0. The molecule has 0 N–H and O–H groups in total. The monoisotopic (exact) mass is 392 g/mol. The van der Waals surface area contributed by atoms with Crippen LogP contribution in [0, 0.1) is 20.5 Å². The molecule has 21 heavy (non-hydrogen) atoms. The summed E-state index contributed by atoms with van der Waals surface area (Å²) in [6.07, 6.45) is 6.24. The number of halogens is 2. The van der Waals surface area contributed by atoms with E-state index < -0.39 is 20.5 Å². The fourth-order valence-corrected chi connectivity index (χ4v) is 2.87. The van der Waals surface area contributed by atoms with Gasteiger partial charge in [0, 0.05) is 6.42 Å². The molecular weight excluding hydrogens is 371 g/mol. The molecule has 0 rings (SSSR count). The van der Waals surface area contributed by atoms with Crippen LogP contribution in [0.15, 0.2) is 0 Å². The van der Waals surface area contributed by atoms with Crippen LogP contribution in [0.2, 0.25) is 0 Å². The molecule has 8 nitrogen and oxygen atoms in total. The molecule has 132 valence electrons. The molecule has 0 aromatic carbocycles. The van der Waals surface area contributed by atoms with Gasteiger partial charge in [-0.2, -0.15) is 0 Å². The quantitative estimate of drug-likeness (QED) is 0.398. The van der Waals surface area contributed by atoms with Crippen LogP contribution >= 0.6 is 0 Å². The summed E-state index contributed by atoms with van der Waals surface area (Å²) < 4.78 is 67.9. The van der Waals surface area contributed by atoms with E-state index in [2.05, 4.69) is 26.4 Å². The summed E-state index contributed by atoms with van der Waals surface area (Å²) in [5.74, 6) is 5.69. The van der Waals surface area contributed by atoms with Crippen molar-refractivity contribution in [2.75, 3.05) is 35.5 Å². The lowest BCUT2D eigenvalue weighted by molar-refractivity contribution is -2.00. The predicted molar refractivity (Wildman–Crippen MR) is 62.0 cm³/mol. The van der Waals surface area contributed by atoms with Crippen molar-refractivity contribution in [1.29, 1.82) is 0 Å². The minimum atomic E-state index is -4.94. The molecule has 0 fully saturated rings. The molecule has 0 saturated carbocycles. The van der Waals surface area contributed by atoms with E-state index in [9.17, 15) is 0 Å².